The van der Waals surface area contributed by atoms with Crippen LogP contribution in [0.3, 0.4) is 0 Å². The quantitative estimate of drug-likeness (QED) is 0.828. The standard InChI is InChI=1S/C14H20N4O/c1-10(2)11(12-15-6-4-7-16-12)18-9-14(13(18)19)5-3-8-17-14/h4,6-7,10-11,17H,3,5,8-9H2,1-2H3. The van der Waals surface area contributed by atoms with E-state index in [9.17, 15) is 4.79 Å². The highest BCUT2D eigenvalue weighted by Gasteiger charge is 2.56. The smallest absolute Gasteiger partial charge is 0.245 e. The molecule has 0 radical (unpaired) electrons. The molecule has 5 heteroatoms. The summed E-state index contributed by atoms with van der Waals surface area (Å²) in [6, 6.07) is 1.79. The number of nitrogens with zero attached hydrogens (tertiary/aromatic N) is 3. The Morgan fingerprint density at radius 2 is 2.11 bits per heavy atom. The third kappa shape index (κ3) is 1.92. The first-order valence-electron chi connectivity index (χ1n) is 6.97. The summed E-state index contributed by atoms with van der Waals surface area (Å²) in [6.07, 6.45) is 5.54. The minimum Gasteiger partial charge on any atom is -0.328 e. The van der Waals surface area contributed by atoms with Gasteiger partial charge in [0.05, 0.1) is 6.04 Å². The van der Waals surface area contributed by atoms with Gasteiger partial charge < -0.3 is 10.2 Å². The normalized spacial score (nSPS) is 27.9. The van der Waals surface area contributed by atoms with Crippen molar-refractivity contribution in [2.75, 3.05) is 13.1 Å². The van der Waals surface area contributed by atoms with Crippen LogP contribution in [0.4, 0.5) is 0 Å². The first-order chi connectivity index (χ1) is 9.14. The summed E-state index contributed by atoms with van der Waals surface area (Å²) >= 11 is 0. The monoisotopic (exact) mass is 260 g/mol. The van der Waals surface area contributed by atoms with Crippen LogP contribution in [0.1, 0.15) is 38.6 Å². The van der Waals surface area contributed by atoms with Gasteiger partial charge in [0.15, 0.2) is 5.82 Å². The van der Waals surface area contributed by atoms with Gasteiger partial charge in [0.1, 0.15) is 5.54 Å². The number of hydrogen-bond donors (Lipinski definition) is 1. The van der Waals surface area contributed by atoms with Gasteiger partial charge in [0, 0.05) is 18.9 Å². The van der Waals surface area contributed by atoms with E-state index in [4.69, 9.17) is 0 Å². The molecule has 2 fully saturated rings. The average Bonchev–Trinajstić information content (AvgIpc) is 2.90. The number of rotatable bonds is 3. The number of β-lactam (4-membered cyclic amide) rings is 1. The Morgan fingerprint density at radius 3 is 2.63 bits per heavy atom. The van der Waals surface area contributed by atoms with Crippen molar-refractivity contribution in [1.29, 1.82) is 0 Å². The molecule has 1 aromatic heterocycles. The first kappa shape index (κ1) is 12.5. The molecule has 3 heterocycles. The van der Waals surface area contributed by atoms with Crippen molar-refractivity contribution in [2.45, 2.75) is 38.3 Å². The van der Waals surface area contributed by atoms with Crippen molar-refractivity contribution in [3.05, 3.63) is 24.3 Å². The van der Waals surface area contributed by atoms with Gasteiger partial charge in [-0.15, -0.1) is 0 Å². The van der Waals surface area contributed by atoms with Gasteiger partial charge in [-0.3, -0.25) is 4.79 Å². The van der Waals surface area contributed by atoms with Crippen molar-refractivity contribution in [2.24, 2.45) is 5.92 Å². The molecule has 2 atom stereocenters. The Morgan fingerprint density at radius 1 is 1.37 bits per heavy atom. The maximum atomic E-state index is 12.5. The van der Waals surface area contributed by atoms with Gasteiger partial charge in [-0.25, -0.2) is 9.97 Å². The summed E-state index contributed by atoms with van der Waals surface area (Å²) in [5, 5.41) is 3.36. The number of carbonyl (C=O) groups excluding carboxylic acids is 1. The third-order valence-corrected chi connectivity index (χ3v) is 4.17. The number of nitrogens with one attached hydrogen (secondary N) is 1. The second kappa shape index (κ2) is 4.56. The van der Waals surface area contributed by atoms with Crippen molar-refractivity contribution in [1.82, 2.24) is 20.2 Å². The lowest BCUT2D eigenvalue weighted by atomic mass is 9.83. The maximum Gasteiger partial charge on any atom is 0.245 e. The fourth-order valence-electron chi connectivity index (χ4n) is 3.22. The van der Waals surface area contributed by atoms with Crippen molar-refractivity contribution in [3.8, 4) is 0 Å². The van der Waals surface area contributed by atoms with Crippen LogP contribution in [0.15, 0.2) is 18.5 Å². The lowest BCUT2D eigenvalue weighted by Crippen LogP contribution is -2.72. The van der Waals surface area contributed by atoms with E-state index in [-0.39, 0.29) is 17.5 Å². The zero-order valence-electron chi connectivity index (χ0n) is 11.5. The molecule has 1 N–H and O–H groups in total. The van der Waals surface area contributed by atoms with Crippen LogP contribution in [0.25, 0.3) is 0 Å². The second-order valence-corrected chi connectivity index (χ2v) is 5.84. The van der Waals surface area contributed by atoms with Crippen LogP contribution < -0.4 is 5.32 Å². The first-order valence-corrected chi connectivity index (χ1v) is 6.97. The highest BCUT2D eigenvalue weighted by Crippen LogP contribution is 2.39. The summed E-state index contributed by atoms with van der Waals surface area (Å²) in [6.45, 7) is 5.96. The molecule has 2 unspecified atom stereocenters. The second-order valence-electron chi connectivity index (χ2n) is 5.84. The molecule has 5 nitrogen and oxygen atoms in total. The fourth-order valence-corrected chi connectivity index (χ4v) is 3.22. The lowest BCUT2D eigenvalue weighted by molar-refractivity contribution is -0.158. The van der Waals surface area contributed by atoms with Crippen LogP contribution >= 0.6 is 0 Å². The van der Waals surface area contributed by atoms with Gasteiger partial charge >= 0.3 is 0 Å². The van der Waals surface area contributed by atoms with Crippen LogP contribution in [0, 0.1) is 5.92 Å². The minimum atomic E-state index is -0.276. The van der Waals surface area contributed by atoms with E-state index in [0.29, 0.717) is 5.92 Å². The van der Waals surface area contributed by atoms with Crippen LogP contribution in [-0.2, 0) is 4.79 Å². The highest BCUT2D eigenvalue weighted by atomic mass is 16.2. The predicted octanol–water partition coefficient (Wildman–Crippen LogP) is 1.14. The maximum absolute atomic E-state index is 12.5. The minimum absolute atomic E-state index is 0.0123. The van der Waals surface area contributed by atoms with E-state index in [0.717, 1.165) is 31.8 Å². The van der Waals surface area contributed by atoms with Crippen molar-refractivity contribution in [3.63, 3.8) is 0 Å². The van der Waals surface area contributed by atoms with Gasteiger partial charge in [-0.1, -0.05) is 13.8 Å². The molecule has 0 bridgehead atoms. The number of likely N-dealkylation sites (tertiary alicyclic amines) is 1. The zero-order chi connectivity index (χ0) is 13.5. The molecule has 1 spiro atoms. The van der Waals surface area contributed by atoms with Crippen LogP contribution in [0.2, 0.25) is 0 Å². The van der Waals surface area contributed by atoms with E-state index in [1.165, 1.54) is 0 Å². The van der Waals surface area contributed by atoms with Crippen LogP contribution in [0.5, 0.6) is 0 Å². The van der Waals surface area contributed by atoms with Crippen LogP contribution in [-0.4, -0.2) is 39.4 Å². The van der Waals surface area contributed by atoms with Gasteiger partial charge in [0.2, 0.25) is 5.91 Å². The molecule has 2 aliphatic heterocycles. The summed E-state index contributed by atoms with van der Waals surface area (Å²) in [5.41, 5.74) is -0.276. The molecule has 2 aliphatic rings. The predicted molar refractivity (Wildman–Crippen MR) is 71.3 cm³/mol. The van der Waals surface area contributed by atoms with Gasteiger partial charge in [-0.05, 0) is 31.4 Å². The Labute approximate surface area is 113 Å². The summed E-state index contributed by atoms with van der Waals surface area (Å²) in [7, 11) is 0. The van der Waals surface area contributed by atoms with Gasteiger partial charge in [-0.2, -0.15) is 0 Å². The molecular formula is C14H20N4O. The topological polar surface area (TPSA) is 58.1 Å². The molecular weight excluding hydrogens is 240 g/mol. The fraction of sp³-hybridized carbons (Fsp3) is 0.643. The molecule has 0 aliphatic carbocycles. The van der Waals surface area contributed by atoms with E-state index < -0.39 is 0 Å². The van der Waals surface area contributed by atoms with E-state index in [2.05, 4.69) is 29.1 Å². The van der Waals surface area contributed by atoms with E-state index in [1.807, 2.05) is 4.90 Å². The highest BCUT2D eigenvalue weighted by molar-refractivity contribution is 5.93. The molecule has 102 valence electrons. The van der Waals surface area contributed by atoms with Gasteiger partial charge in [0.25, 0.3) is 0 Å². The summed E-state index contributed by atoms with van der Waals surface area (Å²) < 4.78 is 0. The van der Waals surface area contributed by atoms with Crippen molar-refractivity contribution < 1.29 is 4.79 Å². The molecule has 2 saturated heterocycles. The Kier molecular flexibility index (Phi) is 3.01. The number of hydrogen-bond acceptors (Lipinski definition) is 4. The molecule has 0 saturated carbocycles. The lowest BCUT2D eigenvalue weighted by Gasteiger charge is -2.50. The summed E-state index contributed by atoms with van der Waals surface area (Å²) in [5.74, 6) is 1.28. The number of amides is 1. The molecule has 1 amide bonds. The molecule has 3 rings (SSSR count). The Hall–Kier alpha value is -1.49. The largest absolute Gasteiger partial charge is 0.328 e. The molecule has 0 aromatic carbocycles. The zero-order valence-corrected chi connectivity index (χ0v) is 11.5. The van der Waals surface area contributed by atoms with E-state index in [1.54, 1.807) is 18.5 Å². The number of aromatic nitrogens is 2. The molecule has 19 heavy (non-hydrogen) atoms. The third-order valence-electron chi connectivity index (χ3n) is 4.17. The number of carbonyl (C=O) groups is 1. The SMILES string of the molecule is CC(C)C(c1ncccn1)N1CC2(CCCN2)C1=O. The van der Waals surface area contributed by atoms with E-state index >= 15 is 0 Å². The molecule has 1 aromatic rings. The summed E-state index contributed by atoms with van der Waals surface area (Å²) in [4.78, 5) is 23.1. The Balaban J connectivity index is 1.82. The Bertz CT molecular complexity index is 468. The van der Waals surface area contributed by atoms with Crippen molar-refractivity contribution >= 4 is 5.91 Å². The average molecular weight is 260 g/mol.